The highest BCUT2D eigenvalue weighted by molar-refractivity contribution is 6.32. The van der Waals surface area contributed by atoms with Gasteiger partial charge in [0.25, 0.3) is 5.91 Å². The van der Waals surface area contributed by atoms with Crippen molar-refractivity contribution in [3.8, 4) is 6.07 Å². The first-order chi connectivity index (χ1) is 11.1. The molecule has 1 aromatic heterocycles. The summed E-state index contributed by atoms with van der Waals surface area (Å²) in [6, 6.07) is 14.8. The van der Waals surface area contributed by atoms with Crippen LogP contribution in [0, 0.1) is 11.3 Å². The fourth-order valence-corrected chi connectivity index (χ4v) is 2.50. The predicted octanol–water partition coefficient (Wildman–Crippen LogP) is 3.31. The molecule has 2 N–H and O–H groups in total. The number of benzene rings is 2. The van der Waals surface area contributed by atoms with Gasteiger partial charge in [-0.05, 0) is 24.3 Å². The summed E-state index contributed by atoms with van der Waals surface area (Å²) in [7, 11) is 0. The van der Waals surface area contributed by atoms with Crippen molar-refractivity contribution in [3.63, 3.8) is 0 Å². The Labute approximate surface area is 136 Å². The lowest BCUT2D eigenvalue weighted by Gasteiger charge is -2.08. The van der Waals surface area contributed by atoms with Crippen molar-refractivity contribution in [1.29, 1.82) is 5.26 Å². The summed E-state index contributed by atoms with van der Waals surface area (Å²) in [5, 5.41) is 12.4. The first kappa shape index (κ1) is 14.8. The van der Waals surface area contributed by atoms with Crippen molar-refractivity contribution < 1.29 is 4.79 Å². The zero-order chi connectivity index (χ0) is 16.4. The van der Waals surface area contributed by atoms with E-state index in [9.17, 15) is 9.59 Å². The number of aromatic amines is 1. The van der Waals surface area contributed by atoms with Gasteiger partial charge in [0.15, 0.2) is 0 Å². The maximum atomic E-state index is 12.5. The van der Waals surface area contributed by atoms with Crippen molar-refractivity contribution in [2.75, 3.05) is 5.32 Å². The number of rotatable bonds is 2. The van der Waals surface area contributed by atoms with E-state index in [1.54, 1.807) is 30.3 Å². The van der Waals surface area contributed by atoms with Gasteiger partial charge in [-0.15, -0.1) is 0 Å². The molecule has 2 aromatic carbocycles. The Bertz CT molecular complexity index is 1020. The first-order valence-corrected chi connectivity index (χ1v) is 7.09. The first-order valence-electron chi connectivity index (χ1n) is 6.71. The molecular weight excluding hydrogens is 314 g/mol. The van der Waals surface area contributed by atoms with E-state index < -0.39 is 5.91 Å². The Morgan fingerprint density at radius 3 is 2.70 bits per heavy atom. The number of H-pyrrole nitrogens is 1. The minimum absolute atomic E-state index is 0.251. The molecule has 0 saturated heterocycles. The van der Waals surface area contributed by atoms with Gasteiger partial charge in [0, 0.05) is 22.7 Å². The number of nitrogens with zero attached hydrogens (tertiary/aromatic N) is 1. The molecule has 3 rings (SSSR count). The van der Waals surface area contributed by atoms with Crippen molar-refractivity contribution in [1.82, 2.24) is 4.98 Å². The summed E-state index contributed by atoms with van der Waals surface area (Å²) < 4.78 is 0. The van der Waals surface area contributed by atoms with E-state index in [1.165, 1.54) is 18.2 Å². The molecule has 0 spiro atoms. The van der Waals surface area contributed by atoms with E-state index in [1.807, 2.05) is 6.07 Å². The Morgan fingerprint density at radius 1 is 1.17 bits per heavy atom. The van der Waals surface area contributed by atoms with Crippen LogP contribution in [0.2, 0.25) is 5.02 Å². The SMILES string of the molecule is N#Cc1ccc(NC(=O)c2cc(=O)[nH]c3ccccc23)cc1Cl. The molecule has 23 heavy (non-hydrogen) atoms. The average Bonchev–Trinajstić information content (AvgIpc) is 2.54. The fourth-order valence-electron chi connectivity index (χ4n) is 2.27. The molecule has 0 saturated carbocycles. The zero-order valence-electron chi connectivity index (χ0n) is 11.8. The fraction of sp³-hybridized carbons (Fsp3) is 0. The standard InChI is InChI=1S/C17H10ClN3O2/c18-14-7-11(6-5-10(14)9-19)20-17(23)13-8-16(22)21-15-4-2-1-3-12(13)15/h1-8H,(H,20,23)(H,21,22). The highest BCUT2D eigenvalue weighted by Crippen LogP contribution is 2.22. The third-order valence-corrected chi connectivity index (χ3v) is 3.66. The predicted molar refractivity (Wildman–Crippen MR) is 88.7 cm³/mol. The maximum Gasteiger partial charge on any atom is 0.256 e. The molecule has 0 radical (unpaired) electrons. The number of fused-ring (bicyclic) bond motifs is 1. The molecule has 0 aliphatic heterocycles. The van der Waals surface area contributed by atoms with Crippen LogP contribution in [-0.4, -0.2) is 10.9 Å². The van der Waals surface area contributed by atoms with Crippen molar-refractivity contribution >= 4 is 34.1 Å². The summed E-state index contributed by atoms with van der Waals surface area (Å²) in [6.07, 6.45) is 0. The highest BCUT2D eigenvalue weighted by Gasteiger charge is 2.12. The number of pyridine rings is 1. The summed E-state index contributed by atoms with van der Waals surface area (Å²) >= 11 is 5.95. The minimum atomic E-state index is -0.423. The molecule has 5 nitrogen and oxygen atoms in total. The topological polar surface area (TPSA) is 85.8 Å². The van der Waals surface area contributed by atoms with Gasteiger partial charge in [0.05, 0.1) is 16.1 Å². The number of nitriles is 1. The summed E-state index contributed by atoms with van der Waals surface area (Å²) in [5.41, 5.74) is 1.27. The van der Waals surface area contributed by atoms with Crippen LogP contribution in [0.4, 0.5) is 5.69 Å². The highest BCUT2D eigenvalue weighted by atomic mass is 35.5. The van der Waals surface area contributed by atoms with Crippen LogP contribution in [0.25, 0.3) is 10.9 Å². The lowest BCUT2D eigenvalue weighted by molar-refractivity contribution is 0.102. The van der Waals surface area contributed by atoms with Crippen molar-refractivity contribution in [3.05, 3.63) is 75.0 Å². The normalized spacial score (nSPS) is 10.3. The van der Waals surface area contributed by atoms with Crippen LogP contribution in [0.5, 0.6) is 0 Å². The smallest absolute Gasteiger partial charge is 0.256 e. The second kappa shape index (κ2) is 5.95. The molecule has 0 fully saturated rings. The van der Waals surface area contributed by atoms with E-state index in [0.717, 1.165) is 0 Å². The molecule has 0 aliphatic rings. The monoisotopic (exact) mass is 323 g/mol. The molecule has 1 heterocycles. The molecule has 6 heteroatoms. The molecule has 0 atom stereocenters. The molecule has 1 amide bonds. The number of amides is 1. The Hall–Kier alpha value is -3.10. The van der Waals surface area contributed by atoms with E-state index in [4.69, 9.17) is 16.9 Å². The molecule has 0 bridgehead atoms. The van der Waals surface area contributed by atoms with E-state index >= 15 is 0 Å². The van der Waals surface area contributed by atoms with Gasteiger partial charge < -0.3 is 10.3 Å². The lowest BCUT2D eigenvalue weighted by Crippen LogP contribution is -2.16. The summed E-state index contributed by atoms with van der Waals surface area (Å²) in [6.45, 7) is 0. The average molecular weight is 324 g/mol. The minimum Gasteiger partial charge on any atom is -0.322 e. The Morgan fingerprint density at radius 2 is 1.96 bits per heavy atom. The molecular formula is C17H10ClN3O2. The number of aromatic nitrogens is 1. The Kier molecular flexibility index (Phi) is 3.83. The number of hydrogen-bond donors (Lipinski definition) is 2. The van der Waals surface area contributed by atoms with Crippen LogP contribution in [0.1, 0.15) is 15.9 Å². The number of halogens is 1. The quantitative estimate of drug-likeness (QED) is 0.758. The van der Waals surface area contributed by atoms with Gasteiger partial charge >= 0.3 is 0 Å². The van der Waals surface area contributed by atoms with Crippen LogP contribution >= 0.6 is 11.6 Å². The number of anilines is 1. The number of nitrogens with one attached hydrogen (secondary N) is 2. The largest absolute Gasteiger partial charge is 0.322 e. The second-order valence-electron chi connectivity index (χ2n) is 4.85. The molecule has 112 valence electrons. The van der Waals surface area contributed by atoms with Gasteiger partial charge in [0.1, 0.15) is 6.07 Å². The van der Waals surface area contributed by atoms with Gasteiger partial charge in [-0.1, -0.05) is 29.8 Å². The van der Waals surface area contributed by atoms with Crippen LogP contribution in [0.15, 0.2) is 53.3 Å². The lowest BCUT2D eigenvalue weighted by atomic mass is 10.1. The van der Waals surface area contributed by atoms with Crippen molar-refractivity contribution in [2.24, 2.45) is 0 Å². The number of para-hydroxylation sites is 1. The number of carbonyl (C=O) groups is 1. The third kappa shape index (κ3) is 2.93. The van der Waals surface area contributed by atoms with Gasteiger partial charge in [-0.3, -0.25) is 9.59 Å². The summed E-state index contributed by atoms with van der Waals surface area (Å²) in [5.74, 6) is -0.423. The second-order valence-corrected chi connectivity index (χ2v) is 5.26. The zero-order valence-corrected chi connectivity index (χ0v) is 12.5. The Balaban J connectivity index is 2.00. The third-order valence-electron chi connectivity index (χ3n) is 3.34. The summed E-state index contributed by atoms with van der Waals surface area (Å²) in [4.78, 5) is 26.9. The van der Waals surface area contributed by atoms with Gasteiger partial charge in [-0.25, -0.2) is 0 Å². The van der Waals surface area contributed by atoms with E-state index in [-0.39, 0.29) is 16.1 Å². The van der Waals surface area contributed by atoms with Crippen LogP contribution in [0.3, 0.4) is 0 Å². The van der Waals surface area contributed by atoms with Crippen LogP contribution in [-0.2, 0) is 0 Å². The van der Waals surface area contributed by atoms with E-state index in [0.29, 0.717) is 22.2 Å². The molecule has 0 aliphatic carbocycles. The molecule has 0 unspecified atom stereocenters. The van der Waals surface area contributed by atoms with E-state index in [2.05, 4.69) is 10.3 Å². The number of carbonyl (C=O) groups excluding carboxylic acids is 1. The maximum absolute atomic E-state index is 12.5. The van der Waals surface area contributed by atoms with Crippen molar-refractivity contribution in [2.45, 2.75) is 0 Å². The van der Waals surface area contributed by atoms with Gasteiger partial charge in [-0.2, -0.15) is 5.26 Å². The van der Waals surface area contributed by atoms with Crippen LogP contribution < -0.4 is 10.9 Å². The number of hydrogen-bond acceptors (Lipinski definition) is 3. The van der Waals surface area contributed by atoms with Gasteiger partial charge in [0.2, 0.25) is 5.56 Å². The molecule has 3 aromatic rings.